The summed E-state index contributed by atoms with van der Waals surface area (Å²) in [7, 11) is 3.12. The summed E-state index contributed by atoms with van der Waals surface area (Å²) in [4.78, 5) is 45.7. The number of nitrogens with one attached hydrogen (secondary N) is 1. The molecule has 3 saturated heterocycles. The Morgan fingerprint density at radius 3 is 1.21 bits per heavy atom. The summed E-state index contributed by atoms with van der Waals surface area (Å²) < 4.78 is 80.3. The third-order valence-electron chi connectivity index (χ3n) is 11.2. The number of piperazine rings is 3. The highest BCUT2D eigenvalue weighted by Gasteiger charge is 2.29. The summed E-state index contributed by atoms with van der Waals surface area (Å²) >= 11 is 0. The Kier molecular flexibility index (Phi) is 16.3. The summed E-state index contributed by atoms with van der Waals surface area (Å²) in [6.07, 6.45) is -0.696. The van der Waals surface area contributed by atoms with E-state index in [-0.39, 0.29) is 42.9 Å². The van der Waals surface area contributed by atoms with Crippen molar-refractivity contribution in [3.05, 3.63) is 71.5 Å². The molecule has 0 spiro atoms. The van der Waals surface area contributed by atoms with Gasteiger partial charge in [0, 0.05) is 129 Å². The molecule has 19 nitrogen and oxygen atoms in total. The average molecular weight is 982 g/mol. The Labute approximate surface area is 403 Å². The number of rotatable bonds is 8. The number of nitrogens with zero attached hydrogens (tertiary/aromatic N) is 8. The lowest BCUT2D eigenvalue weighted by Crippen LogP contribution is -2.50. The van der Waals surface area contributed by atoms with Crippen LogP contribution in [-0.2, 0) is 38.8 Å². The van der Waals surface area contributed by atoms with Crippen LogP contribution in [0.5, 0.6) is 0 Å². The number of hydrogen-bond donors (Lipinski definition) is 2. The zero-order chi connectivity index (χ0) is 50.3. The van der Waals surface area contributed by atoms with Crippen molar-refractivity contribution in [1.29, 1.82) is 0 Å². The summed E-state index contributed by atoms with van der Waals surface area (Å²) in [5.41, 5.74) is 3.26. The van der Waals surface area contributed by atoms with Gasteiger partial charge in [-0.3, -0.25) is 0 Å². The highest BCUT2D eigenvalue weighted by molar-refractivity contribution is 5.80. The molecule has 3 aliphatic heterocycles. The number of aliphatic hydroxyl groups is 1. The number of anilines is 3. The number of carbonyl (C=O) groups is 2. The molecule has 3 aliphatic rings. The molecule has 3 fully saturated rings. The lowest BCUT2D eigenvalue weighted by atomic mass is 10.2. The fraction of sp³-hybridized carbons (Fsp3) is 0.521. The third kappa shape index (κ3) is 13.1. The number of oxazole rings is 3. The van der Waals surface area contributed by atoms with Crippen molar-refractivity contribution in [2.75, 3.05) is 107 Å². The SMILES string of the molecule is CC(C)(C)OC(=O)N1CCN(c2cc3oc(CO)nc3cc2F)CC1.COCc1nc2cc(F)c(N3CCN(C(=O)OC(C)(C)C)CC3)cc2o1.COCc1nc2cc(F)c(N3CCNCC3)cc2o1. The van der Waals surface area contributed by atoms with Gasteiger partial charge in [0.1, 0.15) is 65.0 Å². The van der Waals surface area contributed by atoms with Crippen molar-refractivity contribution in [1.82, 2.24) is 30.1 Å². The molecule has 2 amide bonds. The van der Waals surface area contributed by atoms with Gasteiger partial charge in [-0.15, -0.1) is 0 Å². The molecule has 3 aromatic carbocycles. The van der Waals surface area contributed by atoms with Crippen LogP contribution in [0.3, 0.4) is 0 Å². The van der Waals surface area contributed by atoms with Crippen LogP contribution in [0.4, 0.5) is 39.8 Å². The molecule has 9 rings (SSSR count). The van der Waals surface area contributed by atoms with E-state index in [2.05, 4.69) is 20.3 Å². The van der Waals surface area contributed by atoms with Gasteiger partial charge >= 0.3 is 12.2 Å². The van der Waals surface area contributed by atoms with Crippen LogP contribution in [0.2, 0.25) is 0 Å². The molecule has 2 N–H and O–H groups in total. The van der Waals surface area contributed by atoms with Crippen molar-refractivity contribution >= 4 is 62.5 Å². The monoisotopic (exact) mass is 981 g/mol. The van der Waals surface area contributed by atoms with Gasteiger partial charge in [0.25, 0.3) is 0 Å². The smallest absolute Gasteiger partial charge is 0.410 e. The second kappa shape index (κ2) is 22.2. The number of fused-ring (bicyclic) bond motifs is 3. The van der Waals surface area contributed by atoms with E-state index in [9.17, 15) is 22.8 Å². The van der Waals surface area contributed by atoms with Crippen LogP contribution in [-0.4, -0.2) is 146 Å². The molecular weight excluding hydrogens is 920 g/mol. The summed E-state index contributed by atoms with van der Waals surface area (Å²) in [5.74, 6) is 0.00705. The minimum atomic E-state index is -0.540. The minimum absolute atomic E-state index is 0.154. The van der Waals surface area contributed by atoms with Gasteiger partial charge in [-0.05, 0) is 41.5 Å². The predicted octanol–water partition coefficient (Wildman–Crippen LogP) is 7.21. The molecule has 0 radical (unpaired) electrons. The van der Waals surface area contributed by atoms with Gasteiger partial charge in [0.15, 0.2) is 16.7 Å². The lowest BCUT2D eigenvalue weighted by molar-refractivity contribution is 0.0230. The third-order valence-corrected chi connectivity index (χ3v) is 11.2. The Balaban J connectivity index is 0.000000157. The second-order valence-corrected chi connectivity index (χ2v) is 18.8. The van der Waals surface area contributed by atoms with E-state index in [0.717, 1.165) is 26.2 Å². The number of carbonyl (C=O) groups excluding carboxylic acids is 2. The molecule has 0 saturated carbocycles. The maximum Gasteiger partial charge on any atom is 0.410 e. The number of halogens is 3. The Morgan fingerprint density at radius 2 is 0.886 bits per heavy atom. The van der Waals surface area contributed by atoms with E-state index in [1.54, 1.807) is 42.2 Å². The quantitative estimate of drug-likeness (QED) is 0.155. The first-order valence-corrected chi connectivity index (χ1v) is 23.1. The van der Waals surface area contributed by atoms with E-state index < -0.39 is 17.0 Å². The van der Waals surface area contributed by atoms with Crippen molar-refractivity contribution in [3.63, 3.8) is 0 Å². The van der Waals surface area contributed by atoms with Crippen LogP contribution in [0.15, 0.2) is 49.6 Å². The van der Waals surface area contributed by atoms with Gasteiger partial charge in [-0.2, -0.15) is 0 Å². The first-order valence-electron chi connectivity index (χ1n) is 23.1. The minimum Gasteiger partial charge on any atom is -0.444 e. The molecule has 6 heterocycles. The lowest BCUT2D eigenvalue weighted by Gasteiger charge is -2.36. The number of aliphatic hydroxyl groups excluding tert-OH is 1. The zero-order valence-corrected chi connectivity index (χ0v) is 40.9. The molecule has 0 bridgehead atoms. The standard InChI is InChI=1S/C18H24FN3O4.C17H22FN3O4.C13H16FN3O2/c1-18(2,3)26-17(23)22-7-5-21(6-8-22)14-10-15-13(9-12(14)19)20-16(25-15)11-24-4;1-17(2,3)25-16(23)21-6-4-20(5-7-21)13-9-14-12(8-11(13)18)19-15(10-22)24-14;1-18-8-13-16-10-6-9(14)11(7-12(10)19-13)17-4-2-15-3-5-17/h9-10H,5-8,11H2,1-4H3;8-9,22H,4-7,10H2,1-3H3;6-7,15H,2-5,8H2,1H3. The molecule has 70 heavy (non-hydrogen) atoms. The number of aromatic nitrogens is 3. The highest BCUT2D eigenvalue weighted by Crippen LogP contribution is 2.31. The molecule has 3 aromatic heterocycles. The van der Waals surface area contributed by atoms with Gasteiger partial charge in [0.05, 0.1) is 17.1 Å². The Bertz CT molecular complexity index is 2730. The maximum atomic E-state index is 14.5. The van der Waals surface area contributed by atoms with Crippen LogP contribution in [0.1, 0.15) is 59.2 Å². The first kappa shape index (κ1) is 51.5. The van der Waals surface area contributed by atoms with Gasteiger partial charge in [-0.1, -0.05) is 0 Å². The average Bonchev–Trinajstić information content (AvgIpc) is 4.03. The van der Waals surface area contributed by atoms with Gasteiger partial charge in [0.2, 0.25) is 17.7 Å². The Morgan fingerprint density at radius 1 is 0.557 bits per heavy atom. The Hall–Kier alpha value is -6.36. The van der Waals surface area contributed by atoms with E-state index in [0.29, 0.717) is 121 Å². The van der Waals surface area contributed by atoms with Crippen LogP contribution < -0.4 is 20.0 Å². The number of amides is 2. The summed E-state index contributed by atoms with van der Waals surface area (Å²) in [6.45, 7) is 18.3. The molecular formula is C48H62F3N9O10. The van der Waals surface area contributed by atoms with Crippen LogP contribution in [0.25, 0.3) is 33.3 Å². The molecule has 22 heteroatoms. The van der Waals surface area contributed by atoms with E-state index >= 15 is 0 Å². The van der Waals surface area contributed by atoms with Crippen molar-refractivity contribution in [3.8, 4) is 0 Å². The number of hydrogen-bond acceptors (Lipinski definition) is 17. The summed E-state index contributed by atoms with van der Waals surface area (Å²) in [6, 6.07) is 9.05. The molecule has 6 aromatic rings. The number of methoxy groups -OCH3 is 2. The van der Waals surface area contributed by atoms with Crippen LogP contribution >= 0.6 is 0 Å². The van der Waals surface area contributed by atoms with Crippen molar-refractivity contribution in [2.45, 2.75) is 72.6 Å². The van der Waals surface area contributed by atoms with Gasteiger partial charge in [-0.25, -0.2) is 37.7 Å². The predicted molar refractivity (Wildman–Crippen MR) is 254 cm³/mol. The highest BCUT2D eigenvalue weighted by atomic mass is 19.1. The fourth-order valence-corrected chi connectivity index (χ4v) is 7.94. The van der Waals surface area contributed by atoms with Crippen LogP contribution in [0, 0.1) is 17.5 Å². The first-order chi connectivity index (χ1) is 33.3. The topological polar surface area (TPSA) is 198 Å². The van der Waals surface area contributed by atoms with Gasteiger partial charge < -0.3 is 67.1 Å². The summed E-state index contributed by atoms with van der Waals surface area (Å²) in [5, 5.41) is 12.3. The van der Waals surface area contributed by atoms with E-state index in [4.69, 9.17) is 37.3 Å². The van der Waals surface area contributed by atoms with E-state index in [1.807, 2.05) is 56.2 Å². The molecule has 380 valence electrons. The normalized spacial score (nSPS) is 15.8. The van der Waals surface area contributed by atoms with E-state index in [1.165, 1.54) is 18.2 Å². The fourth-order valence-electron chi connectivity index (χ4n) is 7.94. The number of benzene rings is 3. The zero-order valence-electron chi connectivity index (χ0n) is 40.9. The van der Waals surface area contributed by atoms with Crippen molar-refractivity contribution in [2.24, 2.45) is 0 Å². The maximum absolute atomic E-state index is 14.5. The second-order valence-electron chi connectivity index (χ2n) is 18.8. The molecule has 0 atom stereocenters. The largest absolute Gasteiger partial charge is 0.444 e. The molecule has 0 aliphatic carbocycles. The number of ether oxygens (including phenoxy) is 4. The molecule has 0 unspecified atom stereocenters. The van der Waals surface area contributed by atoms with Crippen molar-refractivity contribution < 1.29 is 60.1 Å².